The van der Waals surface area contributed by atoms with Gasteiger partial charge in [-0.2, -0.15) is 0 Å². The summed E-state index contributed by atoms with van der Waals surface area (Å²) in [4.78, 5) is 3.55. The van der Waals surface area contributed by atoms with Crippen molar-refractivity contribution in [3.63, 3.8) is 0 Å². The highest BCUT2D eigenvalue weighted by molar-refractivity contribution is 5.86. The molecule has 0 amide bonds. The number of aromatic amines is 1. The van der Waals surface area contributed by atoms with E-state index in [2.05, 4.69) is 95.1 Å². The van der Waals surface area contributed by atoms with Crippen LogP contribution in [0.3, 0.4) is 0 Å². The Morgan fingerprint density at radius 2 is 1.22 bits per heavy atom. The van der Waals surface area contributed by atoms with E-state index in [9.17, 15) is 0 Å². The van der Waals surface area contributed by atoms with E-state index in [1.807, 2.05) is 0 Å². The normalized spacial score (nSPS) is 12.8. The highest BCUT2D eigenvalue weighted by Crippen LogP contribution is 2.30. The van der Waals surface area contributed by atoms with Crippen molar-refractivity contribution in [1.82, 2.24) is 4.98 Å². The molecule has 1 heterocycles. The van der Waals surface area contributed by atoms with Crippen LogP contribution in [0.5, 0.6) is 0 Å². The molecule has 0 unspecified atom stereocenters. The Morgan fingerprint density at radius 1 is 0.652 bits per heavy atom. The molecule has 0 saturated heterocycles. The lowest BCUT2D eigenvalue weighted by Gasteiger charge is -2.19. The van der Waals surface area contributed by atoms with Gasteiger partial charge in [0.25, 0.3) is 0 Å². The predicted molar refractivity (Wildman–Crippen MR) is 101 cm³/mol. The second-order valence-corrected chi connectivity index (χ2v) is 8.56. The molecule has 3 rings (SSSR count). The number of hydrogen-bond donors (Lipinski definition) is 1. The Bertz CT molecular complexity index is 821. The maximum Gasteiger partial charge on any atom is 0.0464 e. The summed E-state index contributed by atoms with van der Waals surface area (Å²) in [6.45, 7) is 13.5. The van der Waals surface area contributed by atoms with Crippen molar-refractivity contribution < 1.29 is 0 Å². The van der Waals surface area contributed by atoms with Gasteiger partial charge in [-0.3, -0.25) is 0 Å². The molecule has 0 atom stereocenters. The summed E-state index contributed by atoms with van der Waals surface area (Å²) in [5, 5.41) is 1.28. The zero-order chi connectivity index (χ0) is 16.8. The maximum atomic E-state index is 3.55. The third kappa shape index (κ3) is 3.19. The van der Waals surface area contributed by atoms with Gasteiger partial charge >= 0.3 is 0 Å². The van der Waals surface area contributed by atoms with Crippen LogP contribution in [0.4, 0.5) is 0 Å². The molecular weight excluding hydrogens is 278 g/mol. The number of nitrogens with one attached hydrogen (secondary N) is 1. The van der Waals surface area contributed by atoms with E-state index in [4.69, 9.17) is 0 Å². The van der Waals surface area contributed by atoms with Gasteiger partial charge in [0.05, 0.1) is 0 Å². The molecule has 1 aromatic heterocycles. The van der Waals surface area contributed by atoms with Gasteiger partial charge in [-0.15, -0.1) is 0 Å². The molecule has 1 nitrogen and oxygen atoms in total. The average Bonchev–Trinajstić information content (AvgIpc) is 2.88. The average molecular weight is 305 g/mol. The number of H-pyrrole nitrogens is 1. The van der Waals surface area contributed by atoms with Crippen molar-refractivity contribution in [2.75, 3.05) is 0 Å². The summed E-state index contributed by atoms with van der Waals surface area (Å²) >= 11 is 0. The van der Waals surface area contributed by atoms with Gasteiger partial charge in [0, 0.05) is 16.6 Å². The van der Waals surface area contributed by atoms with Crippen molar-refractivity contribution in [2.45, 2.75) is 52.4 Å². The smallest absolute Gasteiger partial charge is 0.0464 e. The van der Waals surface area contributed by atoms with Gasteiger partial charge < -0.3 is 4.98 Å². The van der Waals surface area contributed by atoms with Crippen LogP contribution in [0.2, 0.25) is 0 Å². The molecule has 3 aromatic rings. The lowest BCUT2D eigenvalue weighted by Crippen LogP contribution is -2.10. The molecule has 1 heteroatoms. The molecule has 0 fully saturated rings. The number of fused-ring (bicyclic) bond motifs is 1. The van der Waals surface area contributed by atoms with E-state index in [-0.39, 0.29) is 10.8 Å². The van der Waals surface area contributed by atoms with E-state index in [0.717, 1.165) is 0 Å². The number of hydrogen-bond acceptors (Lipinski definition) is 0. The molecule has 0 aliphatic carbocycles. The van der Waals surface area contributed by atoms with Crippen LogP contribution < -0.4 is 0 Å². The quantitative estimate of drug-likeness (QED) is 0.533. The fraction of sp³-hybridized carbons (Fsp3) is 0.364. The van der Waals surface area contributed by atoms with E-state index < -0.39 is 0 Å². The van der Waals surface area contributed by atoms with Crippen molar-refractivity contribution >= 4 is 10.9 Å². The summed E-state index contributed by atoms with van der Waals surface area (Å²) in [5.74, 6) is 0. The summed E-state index contributed by atoms with van der Waals surface area (Å²) in [6, 6.07) is 17.9. The minimum absolute atomic E-state index is 0.181. The van der Waals surface area contributed by atoms with Gasteiger partial charge in [-0.1, -0.05) is 71.9 Å². The molecule has 0 spiro atoms. The topological polar surface area (TPSA) is 15.8 Å². The second-order valence-electron chi connectivity index (χ2n) is 8.56. The second kappa shape index (κ2) is 5.26. The van der Waals surface area contributed by atoms with Crippen LogP contribution in [0.25, 0.3) is 22.2 Å². The van der Waals surface area contributed by atoms with Gasteiger partial charge in [0.15, 0.2) is 0 Å². The lowest BCUT2D eigenvalue weighted by molar-refractivity contribution is 0.590. The number of benzene rings is 2. The molecular formula is C22H27N. The van der Waals surface area contributed by atoms with Crippen LogP contribution in [-0.4, -0.2) is 4.98 Å². The molecule has 23 heavy (non-hydrogen) atoms. The molecule has 0 radical (unpaired) electrons. The Hall–Kier alpha value is -2.02. The number of aromatic nitrogens is 1. The zero-order valence-corrected chi connectivity index (χ0v) is 15.1. The van der Waals surface area contributed by atoms with E-state index in [1.54, 1.807) is 0 Å². The van der Waals surface area contributed by atoms with E-state index in [0.29, 0.717) is 0 Å². The zero-order valence-electron chi connectivity index (χ0n) is 15.1. The van der Waals surface area contributed by atoms with Crippen molar-refractivity contribution in [3.8, 4) is 11.3 Å². The lowest BCUT2D eigenvalue weighted by atomic mass is 9.86. The summed E-state index contributed by atoms with van der Waals surface area (Å²) in [7, 11) is 0. The minimum Gasteiger partial charge on any atom is -0.355 e. The predicted octanol–water partition coefficient (Wildman–Crippen LogP) is 6.43. The van der Waals surface area contributed by atoms with Crippen LogP contribution in [0, 0.1) is 0 Å². The molecule has 0 aliphatic rings. The first-order valence-corrected chi connectivity index (χ1v) is 8.39. The molecule has 1 N–H and O–H groups in total. The third-order valence-electron chi connectivity index (χ3n) is 4.55. The van der Waals surface area contributed by atoms with Crippen molar-refractivity contribution in [1.29, 1.82) is 0 Å². The first kappa shape index (κ1) is 15.9. The van der Waals surface area contributed by atoms with Gasteiger partial charge in [-0.25, -0.2) is 0 Å². The molecule has 0 aliphatic heterocycles. The molecule has 2 aromatic carbocycles. The maximum absolute atomic E-state index is 3.55. The standard InChI is InChI=1S/C22H27N/c1-21(2,3)17-9-7-15(8-10-17)20-14-16-13-18(22(4,5)6)11-12-19(16)23-20/h7-14,23H,1-6H3. The Labute approximate surface area is 139 Å². The van der Waals surface area contributed by atoms with Gasteiger partial charge in [-0.05, 0) is 45.7 Å². The first-order valence-electron chi connectivity index (χ1n) is 8.39. The van der Waals surface area contributed by atoms with Crippen LogP contribution in [0.1, 0.15) is 52.7 Å². The highest BCUT2D eigenvalue weighted by atomic mass is 14.7. The van der Waals surface area contributed by atoms with E-state index >= 15 is 0 Å². The Balaban J connectivity index is 2.00. The molecule has 0 saturated carbocycles. The minimum atomic E-state index is 0.181. The Morgan fingerprint density at radius 3 is 1.78 bits per heavy atom. The highest BCUT2D eigenvalue weighted by Gasteiger charge is 2.15. The summed E-state index contributed by atoms with van der Waals surface area (Å²) < 4.78 is 0. The molecule has 120 valence electrons. The fourth-order valence-corrected chi connectivity index (χ4v) is 2.90. The van der Waals surface area contributed by atoms with Crippen molar-refractivity contribution in [2.24, 2.45) is 0 Å². The Kier molecular flexibility index (Phi) is 3.63. The first-order chi connectivity index (χ1) is 10.6. The largest absolute Gasteiger partial charge is 0.355 e. The van der Waals surface area contributed by atoms with Crippen LogP contribution in [0.15, 0.2) is 48.5 Å². The van der Waals surface area contributed by atoms with Crippen molar-refractivity contribution in [3.05, 3.63) is 59.7 Å². The van der Waals surface area contributed by atoms with Crippen LogP contribution in [-0.2, 0) is 10.8 Å². The van der Waals surface area contributed by atoms with Gasteiger partial charge in [0.1, 0.15) is 0 Å². The fourth-order valence-electron chi connectivity index (χ4n) is 2.90. The monoisotopic (exact) mass is 305 g/mol. The summed E-state index contributed by atoms with van der Waals surface area (Å²) in [6.07, 6.45) is 0. The van der Waals surface area contributed by atoms with Crippen LogP contribution >= 0.6 is 0 Å². The van der Waals surface area contributed by atoms with E-state index in [1.165, 1.54) is 33.3 Å². The van der Waals surface area contributed by atoms with Gasteiger partial charge in [0.2, 0.25) is 0 Å². The number of rotatable bonds is 1. The SMILES string of the molecule is CC(C)(C)c1ccc(-c2cc3cc(C(C)(C)C)ccc3[nH]2)cc1. The third-order valence-corrected chi connectivity index (χ3v) is 4.55. The summed E-state index contributed by atoms with van der Waals surface area (Å²) in [5.41, 5.74) is 6.75. The molecule has 0 bridgehead atoms.